The van der Waals surface area contributed by atoms with Crippen LogP contribution < -0.4 is 0 Å². The Labute approximate surface area is 106 Å². The van der Waals surface area contributed by atoms with Gasteiger partial charge in [-0.25, -0.2) is 0 Å². The van der Waals surface area contributed by atoms with Gasteiger partial charge in [-0.15, -0.1) is 0 Å². The largest absolute Gasteiger partial charge is 0.508 e. The Morgan fingerprint density at radius 2 is 1.67 bits per heavy atom. The van der Waals surface area contributed by atoms with Gasteiger partial charge in [-0.3, -0.25) is 4.79 Å². The van der Waals surface area contributed by atoms with E-state index in [1.807, 2.05) is 48.5 Å². The lowest BCUT2D eigenvalue weighted by Gasteiger charge is -2.01. The number of hydrogen-bond donors (Lipinski definition) is 1. The molecule has 0 bridgehead atoms. The molecule has 1 N–H and O–H groups in total. The van der Waals surface area contributed by atoms with Crippen molar-refractivity contribution in [1.82, 2.24) is 0 Å². The van der Waals surface area contributed by atoms with E-state index in [4.69, 9.17) is 0 Å². The molecule has 0 aliphatic carbocycles. The minimum absolute atomic E-state index is 0.251. The quantitative estimate of drug-likeness (QED) is 0.656. The van der Waals surface area contributed by atoms with E-state index in [2.05, 4.69) is 0 Å². The normalized spacial score (nSPS) is 11.2. The van der Waals surface area contributed by atoms with Gasteiger partial charge in [0.15, 0.2) is 0 Å². The fourth-order valence-corrected chi connectivity index (χ4v) is 1.72. The first-order valence-corrected chi connectivity index (χ1v) is 5.78. The highest BCUT2D eigenvalue weighted by Crippen LogP contribution is 2.15. The smallest absolute Gasteiger partial charge is 0.150 e. The SMILES string of the molecule is O=CC(=CCc1ccc(O)cc1)c1ccccc1. The summed E-state index contributed by atoms with van der Waals surface area (Å²) in [5.74, 6) is 0.251. The fraction of sp³-hybridized carbons (Fsp3) is 0.0625. The summed E-state index contributed by atoms with van der Waals surface area (Å²) >= 11 is 0. The molecular formula is C16H14O2. The Kier molecular flexibility index (Phi) is 3.92. The zero-order valence-electron chi connectivity index (χ0n) is 9.91. The van der Waals surface area contributed by atoms with Gasteiger partial charge in [0.2, 0.25) is 0 Å². The van der Waals surface area contributed by atoms with Crippen molar-refractivity contribution >= 4 is 11.9 Å². The van der Waals surface area contributed by atoms with Gasteiger partial charge in [-0.05, 0) is 29.7 Å². The van der Waals surface area contributed by atoms with E-state index >= 15 is 0 Å². The van der Waals surface area contributed by atoms with E-state index < -0.39 is 0 Å². The van der Waals surface area contributed by atoms with E-state index in [9.17, 15) is 9.90 Å². The Balaban J connectivity index is 2.16. The molecule has 0 radical (unpaired) electrons. The molecule has 0 saturated carbocycles. The first-order chi connectivity index (χ1) is 8.79. The van der Waals surface area contributed by atoms with Crippen LogP contribution in [0.15, 0.2) is 60.7 Å². The third-order valence-corrected chi connectivity index (χ3v) is 2.73. The van der Waals surface area contributed by atoms with Gasteiger partial charge in [0.25, 0.3) is 0 Å². The molecule has 2 aromatic rings. The van der Waals surface area contributed by atoms with Gasteiger partial charge in [-0.2, -0.15) is 0 Å². The van der Waals surface area contributed by atoms with Crippen LogP contribution in [-0.4, -0.2) is 11.4 Å². The zero-order valence-corrected chi connectivity index (χ0v) is 9.91. The molecule has 18 heavy (non-hydrogen) atoms. The van der Waals surface area contributed by atoms with Crippen molar-refractivity contribution in [2.45, 2.75) is 6.42 Å². The zero-order chi connectivity index (χ0) is 12.8. The molecule has 2 rings (SSSR count). The van der Waals surface area contributed by atoms with E-state index in [1.54, 1.807) is 12.1 Å². The van der Waals surface area contributed by atoms with Crippen LogP contribution in [0.1, 0.15) is 11.1 Å². The van der Waals surface area contributed by atoms with Crippen molar-refractivity contribution in [3.8, 4) is 5.75 Å². The molecule has 90 valence electrons. The number of benzene rings is 2. The van der Waals surface area contributed by atoms with Crippen LogP contribution in [-0.2, 0) is 11.2 Å². The van der Waals surface area contributed by atoms with Gasteiger partial charge in [-0.1, -0.05) is 48.5 Å². The molecule has 0 aromatic heterocycles. The average Bonchev–Trinajstić information content (AvgIpc) is 2.43. The Bertz CT molecular complexity index is 539. The third-order valence-electron chi connectivity index (χ3n) is 2.73. The summed E-state index contributed by atoms with van der Waals surface area (Å²) in [7, 11) is 0. The van der Waals surface area contributed by atoms with Crippen LogP contribution in [0.5, 0.6) is 5.75 Å². The molecule has 0 aliphatic heterocycles. The van der Waals surface area contributed by atoms with E-state index in [0.717, 1.165) is 17.4 Å². The molecule has 2 nitrogen and oxygen atoms in total. The summed E-state index contributed by atoms with van der Waals surface area (Å²) in [4.78, 5) is 11.1. The van der Waals surface area contributed by atoms with E-state index in [-0.39, 0.29) is 5.75 Å². The lowest BCUT2D eigenvalue weighted by molar-refractivity contribution is -0.103. The molecule has 0 saturated heterocycles. The lowest BCUT2D eigenvalue weighted by atomic mass is 10.0. The van der Waals surface area contributed by atoms with Crippen LogP contribution in [0.3, 0.4) is 0 Å². The van der Waals surface area contributed by atoms with Crippen molar-refractivity contribution in [1.29, 1.82) is 0 Å². The fourth-order valence-electron chi connectivity index (χ4n) is 1.72. The number of carbonyl (C=O) groups excluding carboxylic acids is 1. The van der Waals surface area contributed by atoms with E-state index in [0.29, 0.717) is 12.0 Å². The standard InChI is InChI=1S/C16H14O2/c17-12-15(14-4-2-1-3-5-14)9-6-13-7-10-16(18)11-8-13/h1-5,7-12,18H,6H2. The second-order valence-electron chi connectivity index (χ2n) is 4.01. The Hall–Kier alpha value is -2.35. The summed E-state index contributed by atoms with van der Waals surface area (Å²) in [6, 6.07) is 16.6. The maximum Gasteiger partial charge on any atom is 0.150 e. The second kappa shape index (κ2) is 5.82. The molecule has 2 heteroatoms. The number of carbonyl (C=O) groups is 1. The number of aromatic hydroxyl groups is 1. The summed E-state index contributed by atoms with van der Waals surface area (Å²) in [5, 5.41) is 9.19. The van der Waals surface area contributed by atoms with Crippen molar-refractivity contribution in [2.24, 2.45) is 0 Å². The van der Waals surface area contributed by atoms with Crippen molar-refractivity contribution in [2.75, 3.05) is 0 Å². The molecule has 0 amide bonds. The average molecular weight is 238 g/mol. The molecule has 0 unspecified atom stereocenters. The van der Waals surface area contributed by atoms with Crippen molar-refractivity contribution in [3.05, 3.63) is 71.8 Å². The predicted molar refractivity (Wildman–Crippen MR) is 72.3 cm³/mol. The predicted octanol–water partition coefficient (Wildman–Crippen LogP) is 3.22. The first kappa shape index (κ1) is 12.1. The number of phenolic OH excluding ortho intramolecular Hbond substituents is 1. The van der Waals surface area contributed by atoms with Crippen LogP contribution in [0, 0.1) is 0 Å². The summed E-state index contributed by atoms with van der Waals surface area (Å²) in [6.45, 7) is 0. The first-order valence-electron chi connectivity index (χ1n) is 5.78. The highest BCUT2D eigenvalue weighted by atomic mass is 16.3. The molecule has 2 aromatic carbocycles. The number of allylic oxidation sites excluding steroid dienone is 2. The van der Waals surface area contributed by atoms with Gasteiger partial charge in [0, 0.05) is 5.57 Å². The van der Waals surface area contributed by atoms with Gasteiger partial charge < -0.3 is 5.11 Å². The van der Waals surface area contributed by atoms with Crippen LogP contribution in [0.25, 0.3) is 5.57 Å². The van der Waals surface area contributed by atoms with Gasteiger partial charge >= 0.3 is 0 Å². The van der Waals surface area contributed by atoms with Crippen molar-refractivity contribution < 1.29 is 9.90 Å². The maximum absolute atomic E-state index is 11.1. The van der Waals surface area contributed by atoms with Crippen LogP contribution in [0.2, 0.25) is 0 Å². The maximum atomic E-state index is 11.1. The highest BCUT2D eigenvalue weighted by molar-refractivity contribution is 6.06. The van der Waals surface area contributed by atoms with Gasteiger partial charge in [0.05, 0.1) is 0 Å². The molecular weight excluding hydrogens is 224 g/mol. The second-order valence-corrected chi connectivity index (χ2v) is 4.01. The minimum Gasteiger partial charge on any atom is -0.508 e. The van der Waals surface area contributed by atoms with Gasteiger partial charge in [0.1, 0.15) is 12.0 Å². The number of phenols is 1. The minimum atomic E-state index is 0.251. The number of rotatable bonds is 4. The molecule has 0 atom stereocenters. The summed E-state index contributed by atoms with van der Waals surface area (Å²) < 4.78 is 0. The molecule has 0 heterocycles. The highest BCUT2D eigenvalue weighted by Gasteiger charge is 1.99. The monoisotopic (exact) mass is 238 g/mol. The van der Waals surface area contributed by atoms with E-state index in [1.165, 1.54) is 0 Å². The third kappa shape index (κ3) is 3.08. The topological polar surface area (TPSA) is 37.3 Å². The van der Waals surface area contributed by atoms with Crippen LogP contribution >= 0.6 is 0 Å². The number of hydrogen-bond acceptors (Lipinski definition) is 2. The lowest BCUT2D eigenvalue weighted by Crippen LogP contribution is -1.88. The van der Waals surface area contributed by atoms with Crippen molar-refractivity contribution in [3.63, 3.8) is 0 Å². The Morgan fingerprint density at radius 3 is 2.28 bits per heavy atom. The molecule has 0 fully saturated rings. The van der Waals surface area contributed by atoms with Crippen LogP contribution in [0.4, 0.5) is 0 Å². The molecule has 0 aliphatic rings. The summed E-state index contributed by atoms with van der Waals surface area (Å²) in [5.41, 5.74) is 2.66. The summed E-state index contributed by atoms with van der Waals surface area (Å²) in [6.07, 6.45) is 3.44. The Morgan fingerprint density at radius 1 is 1.00 bits per heavy atom. The molecule has 0 spiro atoms. The number of aldehydes is 1.